The Bertz CT molecular complexity index is 1110. The van der Waals surface area contributed by atoms with Gasteiger partial charge in [0.15, 0.2) is 18.3 Å². The van der Waals surface area contributed by atoms with Crippen LogP contribution in [0.2, 0.25) is 5.28 Å². The number of hydrogen-bond acceptors (Lipinski definition) is 8. The van der Waals surface area contributed by atoms with Gasteiger partial charge in [0.1, 0.15) is 23.7 Å². The summed E-state index contributed by atoms with van der Waals surface area (Å²) in [5.41, 5.74) is 0.270. The maximum absolute atomic E-state index is 14.9. The molecular formula is C17H24ClFN4O8P2. The summed E-state index contributed by atoms with van der Waals surface area (Å²) in [6.07, 6.45) is -0.686. The number of aliphatic hydroxyl groups excluding tert-OH is 1. The molecular weight excluding hydrogens is 505 g/mol. The summed E-state index contributed by atoms with van der Waals surface area (Å²) in [6, 6.07) is 1.90. The molecule has 1 saturated carbocycles. The average Bonchev–Trinajstić information content (AvgIpc) is 3.40. The first-order valence-corrected chi connectivity index (χ1v) is 14.2. The number of anilines is 1. The molecule has 4 rings (SSSR count). The number of rotatable bonds is 8. The molecule has 5 N–H and O–H groups in total. The maximum atomic E-state index is 14.9. The zero-order chi connectivity index (χ0) is 24.0. The number of nitrogens with zero attached hydrogens (tertiary/aromatic N) is 3. The highest BCUT2D eigenvalue weighted by Gasteiger charge is 2.47. The van der Waals surface area contributed by atoms with Crippen molar-refractivity contribution in [3.8, 4) is 0 Å². The van der Waals surface area contributed by atoms with Crippen LogP contribution < -0.4 is 5.32 Å². The molecule has 0 amide bonds. The third-order valence-corrected chi connectivity index (χ3v) is 9.24. The van der Waals surface area contributed by atoms with E-state index in [9.17, 15) is 23.5 Å². The van der Waals surface area contributed by atoms with Gasteiger partial charge in [-0.25, -0.2) is 9.37 Å². The highest BCUT2D eigenvalue weighted by molar-refractivity contribution is 7.70. The van der Waals surface area contributed by atoms with Gasteiger partial charge in [0.2, 0.25) is 5.28 Å². The van der Waals surface area contributed by atoms with Crippen molar-refractivity contribution in [2.45, 2.75) is 56.3 Å². The summed E-state index contributed by atoms with van der Waals surface area (Å²) >= 11 is 6.09. The SMILES string of the molecule is O=P(O)(O)CP(=O)(O)OC[C@H]1O[C@@H](n2ccc3c(NC4CCCC4)nc(Cl)nc32)[C@@H](F)[C@@H]1O. The number of hydrogen-bond donors (Lipinski definition) is 5. The lowest BCUT2D eigenvalue weighted by Gasteiger charge is -2.18. The fraction of sp³-hybridized carbons (Fsp3) is 0.647. The van der Waals surface area contributed by atoms with E-state index in [1.54, 1.807) is 6.07 Å². The molecule has 184 valence electrons. The second kappa shape index (κ2) is 9.49. The Kier molecular flexibility index (Phi) is 7.18. The maximum Gasteiger partial charge on any atom is 0.340 e. The van der Waals surface area contributed by atoms with Crippen LogP contribution in [-0.2, 0) is 18.4 Å². The predicted octanol–water partition coefficient (Wildman–Crippen LogP) is 2.37. The van der Waals surface area contributed by atoms with Crippen molar-refractivity contribution in [2.24, 2.45) is 0 Å². The molecule has 12 nitrogen and oxygen atoms in total. The topological polar surface area (TPSA) is 176 Å². The molecule has 1 saturated heterocycles. The van der Waals surface area contributed by atoms with Crippen LogP contribution in [0.5, 0.6) is 0 Å². The highest BCUT2D eigenvalue weighted by Crippen LogP contribution is 2.55. The minimum absolute atomic E-state index is 0.0598. The van der Waals surface area contributed by atoms with Crippen LogP contribution in [0.1, 0.15) is 31.9 Å². The Morgan fingerprint density at radius 1 is 1.27 bits per heavy atom. The van der Waals surface area contributed by atoms with Crippen molar-refractivity contribution in [1.82, 2.24) is 14.5 Å². The zero-order valence-corrected chi connectivity index (χ0v) is 19.7. The first-order chi connectivity index (χ1) is 15.4. The van der Waals surface area contributed by atoms with Gasteiger partial charge in [-0.2, -0.15) is 4.98 Å². The lowest BCUT2D eigenvalue weighted by Crippen LogP contribution is -2.31. The van der Waals surface area contributed by atoms with Crippen LogP contribution >= 0.6 is 26.8 Å². The normalized spacial score (nSPS) is 28.4. The summed E-state index contributed by atoms with van der Waals surface area (Å²) in [5.74, 6) is -0.900. The minimum atomic E-state index is -4.83. The fourth-order valence-corrected chi connectivity index (χ4v) is 6.85. The molecule has 1 aliphatic heterocycles. The van der Waals surface area contributed by atoms with Gasteiger partial charge in [0, 0.05) is 12.2 Å². The van der Waals surface area contributed by atoms with Crippen molar-refractivity contribution >= 4 is 43.6 Å². The van der Waals surface area contributed by atoms with E-state index in [-0.39, 0.29) is 17.0 Å². The number of fused-ring (bicyclic) bond motifs is 1. The summed E-state index contributed by atoms with van der Waals surface area (Å²) in [6.45, 7) is -0.755. The number of nitrogens with one attached hydrogen (secondary N) is 1. The first kappa shape index (κ1) is 25.0. The summed E-state index contributed by atoms with van der Waals surface area (Å²) in [7, 11) is -9.52. The monoisotopic (exact) mass is 528 g/mol. The van der Waals surface area contributed by atoms with E-state index in [4.69, 9.17) is 26.1 Å². The van der Waals surface area contributed by atoms with Gasteiger partial charge in [-0.05, 0) is 30.5 Å². The third-order valence-electron chi connectivity index (χ3n) is 5.61. The molecule has 2 fully saturated rings. The lowest BCUT2D eigenvalue weighted by molar-refractivity contribution is -0.0423. The van der Waals surface area contributed by atoms with Crippen LogP contribution in [-0.4, -0.2) is 71.3 Å². The van der Waals surface area contributed by atoms with E-state index in [2.05, 4.69) is 19.8 Å². The number of aliphatic hydroxyl groups is 1. The van der Waals surface area contributed by atoms with Gasteiger partial charge in [0.05, 0.1) is 12.0 Å². The van der Waals surface area contributed by atoms with Crippen molar-refractivity contribution in [2.75, 3.05) is 17.8 Å². The molecule has 1 aliphatic carbocycles. The number of alkyl halides is 1. The van der Waals surface area contributed by atoms with E-state index < -0.39 is 52.3 Å². The molecule has 2 aromatic heterocycles. The number of aromatic nitrogens is 3. The van der Waals surface area contributed by atoms with Crippen LogP contribution in [0.3, 0.4) is 0 Å². The van der Waals surface area contributed by atoms with Crippen molar-refractivity contribution < 1.29 is 42.6 Å². The minimum Gasteiger partial charge on any atom is -0.387 e. The fourth-order valence-electron chi connectivity index (χ4n) is 4.11. The Labute approximate surface area is 192 Å². The molecule has 16 heteroatoms. The van der Waals surface area contributed by atoms with Gasteiger partial charge in [-0.3, -0.25) is 9.13 Å². The van der Waals surface area contributed by atoms with Gasteiger partial charge < -0.3 is 38.9 Å². The van der Waals surface area contributed by atoms with E-state index >= 15 is 0 Å². The molecule has 2 aromatic rings. The first-order valence-electron chi connectivity index (χ1n) is 10.2. The van der Waals surface area contributed by atoms with E-state index in [1.807, 2.05) is 0 Å². The molecule has 2 aliphatic rings. The average molecular weight is 529 g/mol. The second-order valence-corrected chi connectivity index (χ2v) is 12.5. The quantitative estimate of drug-likeness (QED) is 0.251. The molecule has 3 heterocycles. The second-order valence-electron chi connectivity index (χ2n) is 8.17. The summed E-state index contributed by atoms with van der Waals surface area (Å²) < 4.78 is 49.3. The molecule has 1 unspecified atom stereocenters. The number of halogens is 2. The molecule has 33 heavy (non-hydrogen) atoms. The van der Waals surface area contributed by atoms with Gasteiger partial charge in [-0.1, -0.05) is 12.8 Å². The summed E-state index contributed by atoms with van der Waals surface area (Å²) in [5, 5.41) is 14.1. The molecule has 5 atom stereocenters. The smallest absolute Gasteiger partial charge is 0.340 e. The largest absolute Gasteiger partial charge is 0.387 e. The van der Waals surface area contributed by atoms with Crippen molar-refractivity contribution in [1.29, 1.82) is 0 Å². The van der Waals surface area contributed by atoms with Gasteiger partial charge >= 0.3 is 15.2 Å². The summed E-state index contributed by atoms with van der Waals surface area (Å²) in [4.78, 5) is 35.7. The number of ether oxygens (including phenoxy) is 1. The van der Waals surface area contributed by atoms with Crippen LogP contribution in [0.4, 0.5) is 10.2 Å². The molecule has 0 radical (unpaired) electrons. The Hall–Kier alpha value is -1.14. The van der Waals surface area contributed by atoms with Gasteiger partial charge in [0.25, 0.3) is 0 Å². The van der Waals surface area contributed by atoms with Crippen molar-refractivity contribution in [3.05, 3.63) is 17.5 Å². The van der Waals surface area contributed by atoms with Crippen molar-refractivity contribution in [3.63, 3.8) is 0 Å². The zero-order valence-electron chi connectivity index (χ0n) is 17.2. The molecule has 0 bridgehead atoms. The third kappa shape index (κ3) is 5.75. The Balaban J connectivity index is 1.53. The van der Waals surface area contributed by atoms with E-state index in [0.29, 0.717) is 11.2 Å². The van der Waals surface area contributed by atoms with E-state index in [1.165, 1.54) is 10.8 Å². The van der Waals surface area contributed by atoms with Crippen LogP contribution in [0, 0.1) is 0 Å². The molecule has 0 aromatic carbocycles. The highest BCUT2D eigenvalue weighted by atomic mass is 35.5. The van der Waals surface area contributed by atoms with Gasteiger partial charge in [-0.15, -0.1) is 0 Å². The van der Waals surface area contributed by atoms with Crippen LogP contribution in [0.25, 0.3) is 11.0 Å². The lowest BCUT2D eigenvalue weighted by atomic mass is 10.1. The predicted molar refractivity (Wildman–Crippen MR) is 116 cm³/mol. The standard InChI is InChI=1S/C17H24ClFN4O8P2/c18-17-21-14(20-9-3-1-2-4-9)10-5-6-23(15(10)22-17)16-12(19)13(24)11(31-16)7-30-33(28,29)8-32(25,26)27/h5-6,9,11-13,16,24H,1-4,7-8H2,(H,28,29)(H,20,21,22)(H2,25,26,27)/t11-,12+,13-,16-/m1/s1. The van der Waals surface area contributed by atoms with E-state index in [0.717, 1.165) is 25.7 Å². The van der Waals surface area contributed by atoms with Crippen LogP contribution in [0.15, 0.2) is 12.3 Å². The Morgan fingerprint density at radius 2 is 1.97 bits per heavy atom. The Morgan fingerprint density at radius 3 is 2.64 bits per heavy atom. The molecule has 0 spiro atoms.